The molecule has 0 fully saturated rings. The zero-order valence-corrected chi connectivity index (χ0v) is 11.9. The lowest BCUT2D eigenvalue weighted by Crippen LogP contribution is -1.96. The maximum Gasteiger partial charge on any atom is 0.169 e. The Morgan fingerprint density at radius 2 is 1.75 bits per heavy atom. The molecule has 0 amide bonds. The van der Waals surface area contributed by atoms with E-state index in [1.165, 1.54) is 5.56 Å². The molecule has 2 rings (SSSR count). The summed E-state index contributed by atoms with van der Waals surface area (Å²) in [6.45, 7) is 2.05. The molecule has 0 aliphatic carbocycles. The van der Waals surface area contributed by atoms with Gasteiger partial charge in [-0.25, -0.2) is 0 Å². The molecule has 0 unspecified atom stereocenters. The van der Waals surface area contributed by atoms with E-state index < -0.39 is 0 Å². The van der Waals surface area contributed by atoms with Gasteiger partial charge in [-0.2, -0.15) is 5.10 Å². The largest absolute Gasteiger partial charge is 0.493 e. The third-order valence-electron chi connectivity index (χ3n) is 2.88. The molecule has 4 nitrogen and oxygen atoms in total. The zero-order valence-electron chi connectivity index (χ0n) is 11.9. The first-order chi connectivity index (χ1) is 9.74. The summed E-state index contributed by atoms with van der Waals surface area (Å²) in [6, 6.07) is 13.7. The van der Waals surface area contributed by atoms with Crippen LogP contribution in [-0.2, 0) is 0 Å². The zero-order chi connectivity index (χ0) is 14.4. The molecule has 0 spiro atoms. The summed E-state index contributed by atoms with van der Waals surface area (Å²) >= 11 is 0. The van der Waals surface area contributed by atoms with Crippen molar-refractivity contribution in [2.75, 3.05) is 19.6 Å². The average molecular weight is 270 g/mol. The van der Waals surface area contributed by atoms with Crippen molar-refractivity contribution in [3.8, 4) is 11.5 Å². The topological polar surface area (TPSA) is 42.8 Å². The Kier molecular flexibility index (Phi) is 4.60. The van der Waals surface area contributed by atoms with Gasteiger partial charge in [0.15, 0.2) is 11.5 Å². The Morgan fingerprint density at radius 1 is 1.00 bits per heavy atom. The first kappa shape index (κ1) is 13.9. The number of ether oxygens (including phenoxy) is 2. The van der Waals surface area contributed by atoms with Crippen LogP contribution in [-0.4, -0.2) is 20.4 Å². The van der Waals surface area contributed by atoms with Crippen LogP contribution in [0, 0.1) is 6.92 Å². The molecular formula is C16H18N2O2. The van der Waals surface area contributed by atoms with Crippen LogP contribution in [0.15, 0.2) is 47.6 Å². The van der Waals surface area contributed by atoms with Gasteiger partial charge in [0.05, 0.1) is 26.1 Å². The van der Waals surface area contributed by atoms with E-state index in [0.29, 0.717) is 11.5 Å². The standard InChI is InChI=1S/C16H18N2O2/c1-12-7-9-14(10-8-12)18-17-11-13-5-4-6-15(19-2)16(13)20-3/h4-11,18H,1-3H3/b17-11+. The summed E-state index contributed by atoms with van der Waals surface area (Å²) in [4.78, 5) is 0. The van der Waals surface area contributed by atoms with Crippen LogP contribution in [0.3, 0.4) is 0 Å². The van der Waals surface area contributed by atoms with Gasteiger partial charge in [0.1, 0.15) is 0 Å². The molecule has 0 bridgehead atoms. The van der Waals surface area contributed by atoms with E-state index in [1.54, 1.807) is 20.4 Å². The minimum Gasteiger partial charge on any atom is -0.493 e. The lowest BCUT2D eigenvalue weighted by molar-refractivity contribution is 0.354. The van der Waals surface area contributed by atoms with Crippen molar-refractivity contribution in [2.45, 2.75) is 6.92 Å². The van der Waals surface area contributed by atoms with Crippen molar-refractivity contribution in [2.24, 2.45) is 5.10 Å². The highest BCUT2D eigenvalue weighted by atomic mass is 16.5. The first-order valence-electron chi connectivity index (χ1n) is 6.31. The summed E-state index contributed by atoms with van der Waals surface area (Å²) < 4.78 is 10.6. The highest BCUT2D eigenvalue weighted by molar-refractivity contribution is 5.85. The monoisotopic (exact) mass is 270 g/mol. The predicted molar refractivity (Wildman–Crippen MR) is 81.9 cm³/mol. The second kappa shape index (κ2) is 6.61. The third kappa shape index (κ3) is 3.29. The summed E-state index contributed by atoms with van der Waals surface area (Å²) in [5.74, 6) is 1.36. The lowest BCUT2D eigenvalue weighted by atomic mass is 10.2. The number of hydrazone groups is 1. The Labute approximate surface area is 119 Å². The van der Waals surface area contributed by atoms with Gasteiger partial charge >= 0.3 is 0 Å². The van der Waals surface area contributed by atoms with Crippen molar-refractivity contribution in [3.63, 3.8) is 0 Å². The maximum absolute atomic E-state index is 5.34. The number of hydrogen-bond donors (Lipinski definition) is 1. The Hall–Kier alpha value is -2.49. The van der Waals surface area contributed by atoms with Crippen molar-refractivity contribution < 1.29 is 9.47 Å². The minimum absolute atomic E-state index is 0.671. The van der Waals surface area contributed by atoms with E-state index in [4.69, 9.17) is 9.47 Å². The normalized spacial score (nSPS) is 10.6. The van der Waals surface area contributed by atoms with Gasteiger partial charge in [0.2, 0.25) is 0 Å². The summed E-state index contributed by atoms with van der Waals surface area (Å²) in [5, 5.41) is 4.21. The van der Waals surface area contributed by atoms with E-state index in [1.807, 2.05) is 49.4 Å². The molecule has 0 radical (unpaired) electrons. The van der Waals surface area contributed by atoms with Crippen LogP contribution in [0.25, 0.3) is 0 Å². The second-order valence-corrected chi connectivity index (χ2v) is 4.32. The number of methoxy groups -OCH3 is 2. The van der Waals surface area contributed by atoms with Gasteiger partial charge in [-0.1, -0.05) is 23.8 Å². The van der Waals surface area contributed by atoms with Crippen LogP contribution < -0.4 is 14.9 Å². The van der Waals surface area contributed by atoms with Crippen molar-refractivity contribution in [1.29, 1.82) is 0 Å². The van der Waals surface area contributed by atoms with Crippen molar-refractivity contribution in [3.05, 3.63) is 53.6 Å². The molecule has 20 heavy (non-hydrogen) atoms. The smallest absolute Gasteiger partial charge is 0.169 e. The molecule has 4 heteroatoms. The third-order valence-corrected chi connectivity index (χ3v) is 2.88. The number of nitrogens with zero attached hydrogens (tertiary/aromatic N) is 1. The highest BCUT2D eigenvalue weighted by Gasteiger charge is 2.06. The molecule has 2 aromatic carbocycles. The second-order valence-electron chi connectivity index (χ2n) is 4.32. The van der Waals surface area contributed by atoms with Gasteiger partial charge in [0.25, 0.3) is 0 Å². The van der Waals surface area contributed by atoms with Crippen molar-refractivity contribution in [1.82, 2.24) is 0 Å². The van der Waals surface area contributed by atoms with E-state index >= 15 is 0 Å². The van der Waals surface area contributed by atoms with E-state index in [0.717, 1.165) is 11.3 Å². The SMILES string of the molecule is COc1cccc(/C=N/Nc2ccc(C)cc2)c1OC. The minimum atomic E-state index is 0.671. The average Bonchev–Trinajstić information content (AvgIpc) is 2.49. The van der Waals surface area contributed by atoms with Crippen LogP contribution in [0.5, 0.6) is 11.5 Å². The Bertz CT molecular complexity index is 592. The highest BCUT2D eigenvalue weighted by Crippen LogP contribution is 2.29. The van der Waals surface area contributed by atoms with Gasteiger partial charge in [0, 0.05) is 5.56 Å². The number of anilines is 1. The summed E-state index contributed by atoms with van der Waals surface area (Å²) in [5.41, 5.74) is 5.99. The fourth-order valence-electron chi connectivity index (χ4n) is 1.82. The fraction of sp³-hybridized carbons (Fsp3) is 0.188. The van der Waals surface area contributed by atoms with Crippen LogP contribution >= 0.6 is 0 Å². The molecule has 0 atom stereocenters. The molecular weight excluding hydrogens is 252 g/mol. The van der Waals surface area contributed by atoms with Gasteiger partial charge in [-0.15, -0.1) is 0 Å². The maximum atomic E-state index is 5.34. The van der Waals surface area contributed by atoms with E-state index in [2.05, 4.69) is 10.5 Å². The molecule has 1 N–H and O–H groups in total. The molecule has 0 aromatic heterocycles. The number of rotatable bonds is 5. The lowest BCUT2D eigenvalue weighted by Gasteiger charge is -2.09. The first-order valence-corrected chi connectivity index (χ1v) is 6.31. The fourth-order valence-corrected chi connectivity index (χ4v) is 1.82. The van der Waals surface area contributed by atoms with Crippen LogP contribution in [0.4, 0.5) is 5.69 Å². The van der Waals surface area contributed by atoms with Crippen molar-refractivity contribution >= 4 is 11.9 Å². The molecule has 0 heterocycles. The van der Waals surface area contributed by atoms with E-state index in [-0.39, 0.29) is 0 Å². The number of para-hydroxylation sites is 1. The number of benzene rings is 2. The molecule has 104 valence electrons. The van der Waals surface area contributed by atoms with Gasteiger partial charge < -0.3 is 9.47 Å². The van der Waals surface area contributed by atoms with Gasteiger partial charge in [-0.05, 0) is 31.2 Å². The molecule has 0 aliphatic rings. The molecule has 0 aliphatic heterocycles. The Morgan fingerprint density at radius 3 is 2.40 bits per heavy atom. The molecule has 0 saturated carbocycles. The quantitative estimate of drug-likeness (QED) is 0.668. The summed E-state index contributed by atoms with van der Waals surface area (Å²) in [7, 11) is 3.23. The predicted octanol–water partition coefficient (Wildman–Crippen LogP) is 3.46. The van der Waals surface area contributed by atoms with Gasteiger partial charge in [-0.3, -0.25) is 5.43 Å². The van der Waals surface area contributed by atoms with Crippen LogP contribution in [0.1, 0.15) is 11.1 Å². The molecule has 2 aromatic rings. The number of aryl methyl sites for hydroxylation is 1. The number of nitrogens with one attached hydrogen (secondary N) is 1. The van der Waals surface area contributed by atoms with Crippen LogP contribution in [0.2, 0.25) is 0 Å². The van der Waals surface area contributed by atoms with E-state index in [9.17, 15) is 0 Å². The Balaban J connectivity index is 2.13. The molecule has 0 saturated heterocycles. The number of hydrogen-bond acceptors (Lipinski definition) is 4. The summed E-state index contributed by atoms with van der Waals surface area (Å²) in [6.07, 6.45) is 1.71.